The minimum atomic E-state index is 0.971. The first-order valence-corrected chi connectivity index (χ1v) is 6.43. The Balaban J connectivity index is 1.72. The normalized spacial score (nSPS) is 18.4. The summed E-state index contributed by atoms with van der Waals surface area (Å²) in [5.41, 5.74) is 1.42. The van der Waals surface area contributed by atoms with Crippen LogP contribution in [0.2, 0.25) is 0 Å². The Kier molecular flexibility index (Phi) is 4.98. The van der Waals surface area contributed by atoms with E-state index in [1.54, 1.807) is 0 Å². The summed E-state index contributed by atoms with van der Waals surface area (Å²) >= 11 is 0. The molecule has 0 atom stereocenters. The summed E-state index contributed by atoms with van der Waals surface area (Å²) in [6, 6.07) is 10.7. The van der Waals surface area contributed by atoms with Crippen molar-refractivity contribution in [3.8, 4) is 0 Å². The number of hydrogen-bond donors (Lipinski definition) is 0. The molecule has 1 aromatic rings. The zero-order valence-electron chi connectivity index (χ0n) is 10.7. The molecular weight excluding hydrogens is 210 g/mol. The van der Waals surface area contributed by atoms with Crippen molar-refractivity contribution in [2.75, 3.05) is 46.3 Å². The summed E-state index contributed by atoms with van der Waals surface area (Å²) in [4.78, 5) is 5.05. The molecule has 0 bridgehead atoms. The van der Waals surface area contributed by atoms with Crippen molar-refractivity contribution in [2.24, 2.45) is 0 Å². The highest BCUT2D eigenvalue weighted by molar-refractivity contribution is 5.14. The number of hydrogen-bond acceptors (Lipinski definition) is 2. The Morgan fingerprint density at radius 1 is 1.00 bits per heavy atom. The maximum atomic E-state index is 4.16. The lowest BCUT2D eigenvalue weighted by Gasteiger charge is -2.35. The third-order valence-electron chi connectivity index (χ3n) is 3.35. The Bertz CT molecular complexity index is 305. The van der Waals surface area contributed by atoms with Gasteiger partial charge in [0.05, 0.1) is 0 Å². The first-order valence-electron chi connectivity index (χ1n) is 6.43. The molecule has 0 unspecified atom stereocenters. The van der Waals surface area contributed by atoms with Crippen LogP contribution in [0.4, 0.5) is 0 Å². The summed E-state index contributed by atoms with van der Waals surface area (Å²) in [6.07, 6.45) is 0. The van der Waals surface area contributed by atoms with Crippen molar-refractivity contribution < 1.29 is 0 Å². The van der Waals surface area contributed by atoms with Crippen molar-refractivity contribution in [1.29, 1.82) is 0 Å². The molecule has 1 saturated heterocycles. The van der Waals surface area contributed by atoms with E-state index in [4.69, 9.17) is 0 Å². The summed E-state index contributed by atoms with van der Waals surface area (Å²) in [6.45, 7) is 7.91. The quantitative estimate of drug-likeness (QED) is 0.772. The van der Waals surface area contributed by atoms with E-state index in [0.717, 1.165) is 19.6 Å². The van der Waals surface area contributed by atoms with Crippen LogP contribution in [0.1, 0.15) is 5.56 Å². The molecule has 0 spiro atoms. The molecule has 17 heavy (non-hydrogen) atoms. The third-order valence-corrected chi connectivity index (χ3v) is 3.35. The molecular formula is C14H22N3-. The van der Waals surface area contributed by atoms with Gasteiger partial charge in [0.2, 0.25) is 0 Å². The summed E-state index contributed by atoms with van der Waals surface area (Å²) in [5.74, 6) is 0. The summed E-state index contributed by atoms with van der Waals surface area (Å²) < 4.78 is 0. The van der Waals surface area contributed by atoms with Crippen LogP contribution in [0.25, 0.3) is 5.32 Å². The van der Waals surface area contributed by atoms with Gasteiger partial charge in [0.15, 0.2) is 0 Å². The van der Waals surface area contributed by atoms with Crippen molar-refractivity contribution >= 4 is 0 Å². The summed E-state index contributed by atoms with van der Waals surface area (Å²) in [7, 11) is 1.89. The molecule has 2 rings (SSSR count). The molecule has 1 heterocycles. The van der Waals surface area contributed by atoms with E-state index in [0.29, 0.717) is 0 Å². The monoisotopic (exact) mass is 232 g/mol. The molecule has 3 nitrogen and oxygen atoms in total. The predicted molar refractivity (Wildman–Crippen MR) is 72.3 cm³/mol. The fraction of sp³-hybridized carbons (Fsp3) is 0.571. The molecule has 1 aliphatic heterocycles. The Morgan fingerprint density at radius 2 is 1.65 bits per heavy atom. The molecule has 0 saturated carbocycles. The average molecular weight is 232 g/mol. The fourth-order valence-electron chi connectivity index (χ4n) is 2.25. The van der Waals surface area contributed by atoms with Crippen LogP contribution in [-0.4, -0.2) is 56.1 Å². The zero-order valence-corrected chi connectivity index (χ0v) is 10.7. The maximum absolute atomic E-state index is 4.16. The van der Waals surface area contributed by atoms with E-state index in [1.165, 1.54) is 31.7 Å². The second-order valence-corrected chi connectivity index (χ2v) is 4.64. The van der Waals surface area contributed by atoms with Gasteiger partial charge in [-0.05, 0) is 12.1 Å². The number of likely N-dealkylation sites (N-methyl/N-ethyl adjacent to an activating group) is 1. The Hall–Kier alpha value is -0.900. The van der Waals surface area contributed by atoms with Crippen molar-refractivity contribution in [1.82, 2.24) is 9.80 Å². The zero-order chi connectivity index (χ0) is 11.9. The first-order chi connectivity index (χ1) is 8.38. The lowest BCUT2D eigenvalue weighted by molar-refractivity contribution is 0.131. The topological polar surface area (TPSA) is 20.6 Å². The lowest BCUT2D eigenvalue weighted by atomic mass is 10.2. The molecule has 0 radical (unpaired) electrons. The van der Waals surface area contributed by atoms with Gasteiger partial charge in [0.25, 0.3) is 0 Å². The van der Waals surface area contributed by atoms with Gasteiger partial charge in [0.1, 0.15) is 0 Å². The van der Waals surface area contributed by atoms with Crippen molar-refractivity contribution in [2.45, 2.75) is 6.54 Å². The van der Waals surface area contributed by atoms with Crippen LogP contribution in [0.3, 0.4) is 0 Å². The molecule has 0 aromatic heterocycles. The minimum absolute atomic E-state index is 0.971. The van der Waals surface area contributed by atoms with Crippen LogP contribution in [0.15, 0.2) is 30.3 Å². The maximum Gasteiger partial charge on any atom is 0.0234 e. The third kappa shape index (κ3) is 4.11. The van der Waals surface area contributed by atoms with Crippen LogP contribution in [0, 0.1) is 0 Å². The number of rotatable bonds is 5. The molecule has 1 aromatic carbocycles. The molecule has 1 aliphatic rings. The van der Waals surface area contributed by atoms with Gasteiger partial charge in [-0.3, -0.25) is 4.90 Å². The van der Waals surface area contributed by atoms with Crippen molar-refractivity contribution in [3.63, 3.8) is 0 Å². The smallest absolute Gasteiger partial charge is 0.0234 e. The van der Waals surface area contributed by atoms with E-state index in [-0.39, 0.29) is 0 Å². The van der Waals surface area contributed by atoms with E-state index in [2.05, 4.69) is 45.4 Å². The van der Waals surface area contributed by atoms with E-state index in [9.17, 15) is 0 Å². The van der Waals surface area contributed by atoms with E-state index >= 15 is 0 Å². The molecule has 1 fully saturated rings. The molecule has 0 N–H and O–H groups in total. The van der Waals surface area contributed by atoms with Crippen LogP contribution in [-0.2, 0) is 6.54 Å². The standard InChI is InChI=1S/C14H22N3/c1-15-7-8-16-9-11-17(12-10-16)13-14-5-3-2-4-6-14/h2-6H,7-13H2,1H3/q-1. The Morgan fingerprint density at radius 3 is 2.29 bits per heavy atom. The number of nitrogens with zero attached hydrogens (tertiary/aromatic N) is 3. The second kappa shape index (κ2) is 6.74. The highest BCUT2D eigenvalue weighted by atomic mass is 15.3. The van der Waals surface area contributed by atoms with Gasteiger partial charge < -0.3 is 10.2 Å². The first kappa shape index (κ1) is 12.6. The molecule has 0 aliphatic carbocycles. The van der Waals surface area contributed by atoms with Gasteiger partial charge in [0, 0.05) is 32.7 Å². The highest BCUT2D eigenvalue weighted by Crippen LogP contribution is 2.08. The largest absolute Gasteiger partial charge is 0.664 e. The lowest BCUT2D eigenvalue weighted by Crippen LogP contribution is -2.46. The van der Waals surface area contributed by atoms with Crippen LogP contribution < -0.4 is 0 Å². The van der Waals surface area contributed by atoms with Gasteiger partial charge in [-0.15, -0.1) is 6.54 Å². The Labute approximate surface area is 104 Å². The number of benzene rings is 1. The van der Waals surface area contributed by atoms with Crippen molar-refractivity contribution in [3.05, 3.63) is 41.2 Å². The van der Waals surface area contributed by atoms with Crippen LogP contribution in [0.5, 0.6) is 0 Å². The minimum Gasteiger partial charge on any atom is -0.664 e. The number of piperazine rings is 1. The van der Waals surface area contributed by atoms with E-state index in [1.807, 2.05) is 7.05 Å². The van der Waals surface area contributed by atoms with Gasteiger partial charge in [-0.2, -0.15) is 7.05 Å². The molecule has 0 amide bonds. The SMILES string of the molecule is C[N-]CCN1CCN(Cc2ccccc2)CC1. The second-order valence-electron chi connectivity index (χ2n) is 4.64. The van der Waals surface area contributed by atoms with E-state index < -0.39 is 0 Å². The van der Waals surface area contributed by atoms with Crippen LogP contribution >= 0.6 is 0 Å². The van der Waals surface area contributed by atoms with Gasteiger partial charge in [-0.1, -0.05) is 30.3 Å². The van der Waals surface area contributed by atoms with Gasteiger partial charge >= 0.3 is 0 Å². The molecule has 94 valence electrons. The fourth-order valence-corrected chi connectivity index (χ4v) is 2.25. The summed E-state index contributed by atoms with van der Waals surface area (Å²) in [5, 5.41) is 4.16. The molecule has 3 heteroatoms. The average Bonchev–Trinajstić information content (AvgIpc) is 2.39. The van der Waals surface area contributed by atoms with Gasteiger partial charge in [-0.25, -0.2) is 0 Å². The highest BCUT2D eigenvalue weighted by Gasteiger charge is 2.15. The predicted octanol–water partition coefficient (Wildman–Crippen LogP) is 1.81.